The summed E-state index contributed by atoms with van der Waals surface area (Å²) in [4.78, 5) is 22.6. The van der Waals surface area contributed by atoms with E-state index in [-0.39, 0.29) is 22.0 Å². The van der Waals surface area contributed by atoms with Crippen LogP contribution in [-0.4, -0.2) is 15.9 Å². The molecule has 108 valence electrons. The predicted molar refractivity (Wildman–Crippen MR) is 78.9 cm³/mol. The standard InChI is InChI=1S/C14H11ClN2O4/c1-8-3-2-4-11(17(20)21)13(8)14(19)16-9-5-6-10(15)12(18)7-9/h2-7,18H,1H3,(H,16,19). The molecule has 2 N–H and O–H groups in total. The molecule has 0 aliphatic heterocycles. The molecule has 0 saturated carbocycles. The quantitative estimate of drug-likeness (QED) is 0.670. The molecule has 7 heteroatoms. The van der Waals surface area contributed by atoms with Crippen LogP contribution in [0.3, 0.4) is 0 Å². The molecular formula is C14H11ClN2O4. The van der Waals surface area contributed by atoms with Gasteiger partial charge in [0.2, 0.25) is 0 Å². The van der Waals surface area contributed by atoms with Crippen molar-refractivity contribution in [1.29, 1.82) is 0 Å². The lowest BCUT2D eigenvalue weighted by Gasteiger charge is -2.09. The summed E-state index contributed by atoms with van der Waals surface area (Å²) in [7, 11) is 0. The lowest BCUT2D eigenvalue weighted by atomic mass is 10.1. The van der Waals surface area contributed by atoms with E-state index in [0.29, 0.717) is 11.3 Å². The van der Waals surface area contributed by atoms with Crippen LogP contribution in [0.1, 0.15) is 15.9 Å². The van der Waals surface area contributed by atoms with E-state index in [2.05, 4.69) is 5.32 Å². The van der Waals surface area contributed by atoms with Gasteiger partial charge in [-0.15, -0.1) is 0 Å². The Kier molecular flexibility index (Phi) is 4.09. The van der Waals surface area contributed by atoms with Crippen molar-refractivity contribution in [1.82, 2.24) is 0 Å². The Labute approximate surface area is 125 Å². The summed E-state index contributed by atoms with van der Waals surface area (Å²) in [5, 5.41) is 23.1. The maximum atomic E-state index is 12.2. The highest BCUT2D eigenvalue weighted by Crippen LogP contribution is 2.28. The van der Waals surface area contributed by atoms with Gasteiger partial charge < -0.3 is 10.4 Å². The molecule has 2 aromatic carbocycles. The Hall–Kier alpha value is -2.60. The summed E-state index contributed by atoms with van der Waals surface area (Å²) in [5.41, 5.74) is 0.488. The number of nitrogens with zero attached hydrogens (tertiary/aromatic N) is 1. The molecule has 0 spiro atoms. The van der Waals surface area contributed by atoms with E-state index < -0.39 is 10.8 Å². The van der Waals surface area contributed by atoms with Crippen molar-refractivity contribution in [2.24, 2.45) is 0 Å². The number of aryl methyl sites for hydroxylation is 1. The van der Waals surface area contributed by atoms with E-state index in [9.17, 15) is 20.0 Å². The fraction of sp³-hybridized carbons (Fsp3) is 0.0714. The zero-order valence-corrected chi connectivity index (χ0v) is 11.7. The number of aromatic hydroxyl groups is 1. The Balaban J connectivity index is 2.36. The molecule has 0 aromatic heterocycles. The first-order chi connectivity index (χ1) is 9.90. The van der Waals surface area contributed by atoms with Crippen LogP contribution >= 0.6 is 11.6 Å². The van der Waals surface area contributed by atoms with Gasteiger partial charge >= 0.3 is 0 Å². The lowest BCUT2D eigenvalue weighted by molar-refractivity contribution is -0.385. The number of halogens is 1. The third kappa shape index (κ3) is 3.11. The zero-order valence-electron chi connectivity index (χ0n) is 11.0. The van der Waals surface area contributed by atoms with Gasteiger partial charge in [0, 0.05) is 17.8 Å². The van der Waals surface area contributed by atoms with E-state index >= 15 is 0 Å². The highest BCUT2D eigenvalue weighted by Gasteiger charge is 2.22. The number of carbonyl (C=O) groups is 1. The highest BCUT2D eigenvalue weighted by atomic mass is 35.5. The van der Waals surface area contributed by atoms with Crippen LogP contribution in [0.4, 0.5) is 11.4 Å². The molecule has 0 saturated heterocycles. The van der Waals surface area contributed by atoms with Crippen molar-refractivity contribution >= 4 is 28.9 Å². The summed E-state index contributed by atoms with van der Waals surface area (Å²) in [6.45, 7) is 1.61. The highest BCUT2D eigenvalue weighted by molar-refractivity contribution is 6.32. The SMILES string of the molecule is Cc1cccc([N+](=O)[O-])c1C(=O)Nc1ccc(Cl)c(O)c1. The number of nitrogens with one attached hydrogen (secondary N) is 1. The monoisotopic (exact) mass is 306 g/mol. The van der Waals surface area contributed by atoms with Crippen molar-refractivity contribution in [3.63, 3.8) is 0 Å². The Morgan fingerprint density at radius 3 is 2.67 bits per heavy atom. The molecule has 0 unspecified atom stereocenters. The van der Waals surface area contributed by atoms with Crippen LogP contribution in [0, 0.1) is 17.0 Å². The first-order valence-electron chi connectivity index (χ1n) is 5.94. The van der Waals surface area contributed by atoms with Gasteiger partial charge in [-0.05, 0) is 24.6 Å². The van der Waals surface area contributed by atoms with Crippen molar-refractivity contribution in [2.75, 3.05) is 5.32 Å². The van der Waals surface area contributed by atoms with Gasteiger partial charge in [-0.3, -0.25) is 14.9 Å². The number of carbonyl (C=O) groups excluding carboxylic acids is 1. The maximum Gasteiger partial charge on any atom is 0.282 e. The molecule has 1 amide bonds. The number of phenolic OH excluding ortho intramolecular Hbond substituents is 1. The van der Waals surface area contributed by atoms with Crippen LogP contribution in [0.25, 0.3) is 0 Å². The number of rotatable bonds is 3. The van der Waals surface area contributed by atoms with E-state index in [1.165, 1.54) is 30.3 Å². The summed E-state index contributed by atoms with van der Waals surface area (Å²) >= 11 is 5.67. The van der Waals surface area contributed by atoms with E-state index in [4.69, 9.17) is 11.6 Å². The molecule has 0 aliphatic rings. The molecule has 0 radical (unpaired) electrons. The maximum absolute atomic E-state index is 12.2. The van der Waals surface area contributed by atoms with Crippen LogP contribution < -0.4 is 5.32 Å². The first kappa shape index (κ1) is 14.8. The molecule has 0 fully saturated rings. The summed E-state index contributed by atoms with van der Waals surface area (Å²) < 4.78 is 0. The minimum absolute atomic E-state index is 0.0167. The Bertz CT molecular complexity index is 731. The predicted octanol–water partition coefficient (Wildman–Crippen LogP) is 3.51. The largest absolute Gasteiger partial charge is 0.506 e. The third-order valence-electron chi connectivity index (χ3n) is 2.88. The molecule has 0 bridgehead atoms. The van der Waals surface area contributed by atoms with Gasteiger partial charge in [-0.1, -0.05) is 23.7 Å². The van der Waals surface area contributed by atoms with Crippen LogP contribution in [0.2, 0.25) is 5.02 Å². The lowest BCUT2D eigenvalue weighted by Crippen LogP contribution is -2.15. The Morgan fingerprint density at radius 2 is 2.05 bits per heavy atom. The van der Waals surface area contributed by atoms with Gasteiger partial charge in [0.25, 0.3) is 11.6 Å². The first-order valence-corrected chi connectivity index (χ1v) is 6.32. The number of nitro benzene ring substituents is 1. The number of hydrogen-bond donors (Lipinski definition) is 2. The molecule has 2 aromatic rings. The number of phenols is 1. The second kappa shape index (κ2) is 5.80. The van der Waals surface area contributed by atoms with Gasteiger partial charge in [-0.2, -0.15) is 0 Å². The van der Waals surface area contributed by atoms with Gasteiger partial charge in [0.05, 0.1) is 9.95 Å². The molecule has 0 aliphatic carbocycles. The summed E-state index contributed by atoms with van der Waals surface area (Å²) in [5.74, 6) is -0.810. The zero-order chi connectivity index (χ0) is 15.6. The third-order valence-corrected chi connectivity index (χ3v) is 3.20. The van der Waals surface area contributed by atoms with E-state index in [1.54, 1.807) is 13.0 Å². The summed E-state index contributed by atoms with van der Waals surface area (Å²) in [6, 6.07) is 8.56. The molecule has 21 heavy (non-hydrogen) atoms. The minimum Gasteiger partial charge on any atom is -0.506 e. The normalized spacial score (nSPS) is 10.2. The second-order valence-electron chi connectivity index (χ2n) is 4.35. The van der Waals surface area contributed by atoms with E-state index in [1.807, 2.05) is 0 Å². The molecular weight excluding hydrogens is 296 g/mol. The molecule has 2 rings (SSSR count). The van der Waals surface area contributed by atoms with E-state index in [0.717, 1.165) is 0 Å². The molecule has 6 nitrogen and oxygen atoms in total. The van der Waals surface area contributed by atoms with Crippen molar-refractivity contribution in [3.8, 4) is 5.75 Å². The second-order valence-corrected chi connectivity index (χ2v) is 4.75. The van der Waals surface area contributed by atoms with Gasteiger partial charge in [0.1, 0.15) is 11.3 Å². The average Bonchev–Trinajstić information content (AvgIpc) is 2.42. The molecule has 0 atom stereocenters. The van der Waals surface area contributed by atoms with Crippen molar-refractivity contribution in [3.05, 3.63) is 62.7 Å². The fourth-order valence-electron chi connectivity index (χ4n) is 1.88. The topological polar surface area (TPSA) is 92.5 Å². The number of hydrogen-bond acceptors (Lipinski definition) is 4. The summed E-state index contributed by atoms with van der Waals surface area (Å²) in [6.07, 6.45) is 0. The fourth-order valence-corrected chi connectivity index (χ4v) is 2.00. The Morgan fingerprint density at radius 1 is 1.33 bits per heavy atom. The minimum atomic E-state index is -0.624. The van der Waals surface area contributed by atoms with Gasteiger partial charge in [-0.25, -0.2) is 0 Å². The smallest absolute Gasteiger partial charge is 0.282 e. The van der Waals surface area contributed by atoms with Gasteiger partial charge in [0.15, 0.2) is 0 Å². The molecule has 0 heterocycles. The van der Waals surface area contributed by atoms with Crippen molar-refractivity contribution < 1.29 is 14.8 Å². The number of amides is 1. The number of nitro groups is 1. The van der Waals surface area contributed by atoms with Crippen LogP contribution in [0.5, 0.6) is 5.75 Å². The number of anilines is 1. The number of benzene rings is 2. The van der Waals surface area contributed by atoms with Crippen LogP contribution in [-0.2, 0) is 0 Å². The van der Waals surface area contributed by atoms with Crippen molar-refractivity contribution in [2.45, 2.75) is 6.92 Å². The average molecular weight is 307 g/mol. The van der Waals surface area contributed by atoms with Crippen LogP contribution in [0.15, 0.2) is 36.4 Å².